The van der Waals surface area contributed by atoms with Crippen LogP contribution in [0.15, 0.2) is 0 Å². The number of hydrogen-bond acceptors (Lipinski definition) is 3. The van der Waals surface area contributed by atoms with Gasteiger partial charge in [0.1, 0.15) is 0 Å². The quantitative estimate of drug-likeness (QED) is 0.663. The van der Waals surface area contributed by atoms with E-state index in [1.165, 1.54) is 0 Å². The van der Waals surface area contributed by atoms with Crippen molar-refractivity contribution in [2.45, 2.75) is 52.1 Å². The Bertz CT molecular complexity index is 333. The maximum Gasteiger partial charge on any atom is 0.315 e. The largest absolute Gasteiger partial charge is 0.481 e. The minimum absolute atomic E-state index is 0.0698. The topological polar surface area (TPSA) is 87.7 Å². The molecule has 0 aromatic rings. The highest BCUT2D eigenvalue weighted by atomic mass is 16.5. The molecule has 6 heteroatoms. The average molecular weight is 286 g/mol. The molecule has 0 aromatic heterocycles. The molecule has 1 rings (SSSR count). The van der Waals surface area contributed by atoms with Gasteiger partial charge in [0.2, 0.25) is 0 Å². The molecule has 0 saturated heterocycles. The van der Waals surface area contributed by atoms with Gasteiger partial charge in [0.25, 0.3) is 0 Å². The summed E-state index contributed by atoms with van der Waals surface area (Å²) >= 11 is 0. The Balaban J connectivity index is 2.46. The molecule has 0 spiro atoms. The molecule has 1 saturated carbocycles. The van der Waals surface area contributed by atoms with Gasteiger partial charge in [-0.1, -0.05) is 20.3 Å². The zero-order valence-electron chi connectivity index (χ0n) is 12.5. The van der Waals surface area contributed by atoms with Crippen LogP contribution in [0.25, 0.3) is 0 Å². The lowest BCUT2D eigenvalue weighted by atomic mass is 10.0. The van der Waals surface area contributed by atoms with Crippen molar-refractivity contribution < 1.29 is 19.4 Å². The standard InChI is InChI=1S/C14H26N2O4/c1-4-20-8-12(9(2)3)16-14(19)15-11-7-5-6-10(11)13(17)18/h9-12H,4-8H2,1-3H3,(H,17,18)(H2,15,16,19). The summed E-state index contributed by atoms with van der Waals surface area (Å²) in [5.41, 5.74) is 0. The van der Waals surface area contributed by atoms with E-state index in [0.717, 1.165) is 12.8 Å². The number of hydrogen-bond donors (Lipinski definition) is 3. The number of urea groups is 1. The van der Waals surface area contributed by atoms with Crippen LogP contribution < -0.4 is 10.6 Å². The minimum atomic E-state index is -0.831. The van der Waals surface area contributed by atoms with E-state index < -0.39 is 11.9 Å². The number of aliphatic carboxylic acids is 1. The van der Waals surface area contributed by atoms with E-state index in [1.54, 1.807) is 0 Å². The molecule has 1 fully saturated rings. The van der Waals surface area contributed by atoms with Gasteiger partial charge in [-0.05, 0) is 25.7 Å². The zero-order valence-corrected chi connectivity index (χ0v) is 12.5. The molecule has 0 aromatic carbocycles. The Morgan fingerprint density at radius 2 is 2.05 bits per heavy atom. The summed E-state index contributed by atoms with van der Waals surface area (Å²) < 4.78 is 5.35. The molecule has 3 atom stereocenters. The van der Waals surface area contributed by atoms with Crippen LogP contribution in [0.4, 0.5) is 4.79 Å². The number of rotatable bonds is 7. The van der Waals surface area contributed by atoms with E-state index in [-0.39, 0.29) is 24.0 Å². The zero-order chi connectivity index (χ0) is 15.1. The molecule has 0 heterocycles. The highest BCUT2D eigenvalue weighted by Gasteiger charge is 2.34. The van der Waals surface area contributed by atoms with E-state index in [2.05, 4.69) is 10.6 Å². The monoisotopic (exact) mass is 286 g/mol. The van der Waals surface area contributed by atoms with E-state index in [1.807, 2.05) is 20.8 Å². The van der Waals surface area contributed by atoms with E-state index in [9.17, 15) is 9.59 Å². The Labute approximate surface area is 120 Å². The fraction of sp³-hybridized carbons (Fsp3) is 0.857. The summed E-state index contributed by atoms with van der Waals surface area (Å²) in [5, 5.41) is 14.7. The lowest BCUT2D eigenvalue weighted by molar-refractivity contribution is -0.142. The van der Waals surface area contributed by atoms with E-state index in [4.69, 9.17) is 9.84 Å². The molecular formula is C14H26N2O4. The van der Waals surface area contributed by atoms with Crippen LogP contribution in [-0.2, 0) is 9.53 Å². The van der Waals surface area contributed by atoms with Gasteiger partial charge in [0.15, 0.2) is 0 Å². The highest BCUT2D eigenvalue weighted by molar-refractivity contribution is 5.77. The Morgan fingerprint density at radius 3 is 2.60 bits per heavy atom. The summed E-state index contributed by atoms with van der Waals surface area (Å²) in [6.45, 7) is 7.01. The number of carboxylic acids is 1. The van der Waals surface area contributed by atoms with Crippen molar-refractivity contribution >= 4 is 12.0 Å². The molecular weight excluding hydrogens is 260 g/mol. The molecule has 20 heavy (non-hydrogen) atoms. The van der Waals surface area contributed by atoms with Crippen LogP contribution in [0.3, 0.4) is 0 Å². The van der Waals surface area contributed by atoms with Gasteiger partial charge in [0.05, 0.1) is 18.6 Å². The third-order valence-electron chi connectivity index (χ3n) is 3.77. The summed E-state index contributed by atoms with van der Waals surface area (Å²) in [7, 11) is 0. The van der Waals surface area contributed by atoms with Gasteiger partial charge in [-0.25, -0.2) is 4.79 Å². The molecule has 0 radical (unpaired) electrons. The Hall–Kier alpha value is -1.30. The highest BCUT2D eigenvalue weighted by Crippen LogP contribution is 2.25. The third-order valence-corrected chi connectivity index (χ3v) is 3.77. The first kappa shape index (κ1) is 16.8. The number of nitrogens with one attached hydrogen (secondary N) is 2. The first-order chi connectivity index (χ1) is 9.45. The lowest BCUT2D eigenvalue weighted by Gasteiger charge is -2.24. The Morgan fingerprint density at radius 1 is 1.35 bits per heavy atom. The van der Waals surface area contributed by atoms with Crippen LogP contribution in [0.5, 0.6) is 0 Å². The van der Waals surface area contributed by atoms with Crippen LogP contribution in [0.1, 0.15) is 40.0 Å². The molecule has 1 aliphatic carbocycles. The van der Waals surface area contributed by atoms with Gasteiger partial charge < -0.3 is 20.5 Å². The molecule has 6 nitrogen and oxygen atoms in total. The van der Waals surface area contributed by atoms with Crippen molar-refractivity contribution in [3.63, 3.8) is 0 Å². The number of carbonyl (C=O) groups is 2. The van der Waals surface area contributed by atoms with Crippen molar-refractivity contribution in [1.29, 1.82) is 0 Å². The van der Waals surface area contributed by atoms with Crippen molar-refractivity contribution in [1.82, 2.24) is 10.6 Å². The van der Waals surface area contributed by atoms with E-state index in [0.29, 0.717) is 19.6 Å². The summed E-state index contributed by atoms with van der Waals surface area (Å²) in [6.07, 6.45) is 2.20. The third kappa shape index (κ3) is 5.00. The molecule has 3 unspecified atom stereocenters. The van der Waals surface area contributed by atoms with Crippen LogP contribution >= 0.6 is 0 Å². The SMILES string of the molecule is CCOCC(NC(=O)NC1CCCC1C(=O)O)C(C)C. The number of ether oxygens (including phenoxy) is 1. The van der Waals surface area contributed by atoms with Gasteiger partial charge in [-0.2, -0.15) is 0 Å². The van der Waals surface area contributed by atoms with Crippen LogP contribution in [0, 0.1) is 11.8 Å². The second-order valence-corrected chi connectivity index (χ2v) is 5.61. The fourth-order valence-corrected chi connectivity index (χ4v) is 2.45. The lowest BCUT2D eigenvalue weighted by Crippen LogP contribution is -2.51. The molecule has 2 amide bonds. The maximum absolute atomic E-state index is 12.0. The van der Waals surface area contributed by atoms with Crippen molar-refractivity contribution in [2.75, 3.05) is 13.2 Å². The van der Waals surface area contributed by atoms with Crippen molar-refractivity contribution in [3.05, 3.63) is 0 Å². The fourth-order valence-electron chi connectivity index (χ4n) is 2.45. The van der Waals surface area contributed by atoms with Gasteiger partial charge in [-0.3, -0.25) is 4.79 Å². The van der Waals surface area contributed by atoms with E-state index >= 15 is 0 Å². The first-order valence-electron chi connectivity index (χ1n) is 7.33. The predicted molar refractivity (Wildman–Crippen MR) is 75.6 cm³/mol. The van der Waals surface area contributed by atoms with Gasteiger partial charge in [0, 0.05) is 12.6 Å². The number of amides is 2. The predicted octanol–water partition coefficient (Wildman–Crippen LogP) is 1.60. The Kier molecular flexibility index (Phi) is 6.78. The second-order valence-electron chi connectivity index (χ2n) is 5.61. The molecule has 0 bridgehead atoms. The van der Waals surface area contributed by atoms with Gasteiger partial charge in [-0.15, -0.1) is 0 Å². The molecule has 116 valence electrons. The van der Waals surface area contributed by atoms with Crippen molar-refractivity contribution in [3.8, 4) is 0 Å². The summed E-state index contributed by atoms with van der Waals surface area (Å²) in [4.78, 5) is 23.0. The molecule has 3 N–H and O–H groups in total. The average Bonchev–Trinajstić information content (AvgIpc) is 2.82. The second kappa shape index (κ2) is 8.09. The summed E-state index contributed by atoms with van der Waals surface area (Å²) in [5.74, 6) is -1.04. The van der Waals surface area contributed by atoms with Crippen LogP contribution in [-0.4, -0.2) is 42.4 Å². The molecule has 1 aliphatic rings. The smallest absolute Gasteiger partial charge is 0.315 e. The normalized spacial score (nSPS) is 23.6. The van der Waals surface area contributed by atoms with Crippen molar-refractivity contribution in [2.24, 2.45) is 11.8 Å². The maximum atomic E-state index is 12.0. The van der Waals surface area contributed by atoms with Crippen LogP contribution in [0.2, 0.25) is 0 Å². The molecule has 0 aliphatic heterocycles. The number of carbonyl (C=O) groups excluding carboxylic acids is 1. The van der Waals surface area contributed by atoms with Gasteiger partial charge >= 0.3 is 12.0 Å². The number of carboxylic acid groups (broad SMARTS) is 1. The first-order valence-corrected chi connectivity index (χ1v) is 7.33. The summed E-state index contributed by atoms with van der Waals surface area (Å²) in [6, 6.07) is -0.645. The minimum Gasteiger partial charge on any atom is -0.481 e.